The van der Waals surface area contributed by atoms with Gasteiger partial charge in [0.2, 0.25) is 15.9 Å². The smallest absolute Gasteiger partial charge is 0.242 e. The van der Waals surface area contributed by atoms with Gasteiger partial charge in [-0.3, -0.25) is 4.79 Å². The Bertz CT molecular complexity index is 588. The first-order chi connectivity index (χ1) is 8.88. The second-order valence-electron chi connectivity index (χ2n) is 4.53. The van der Waals surface area contributed by atoms with Crippen molar-refractivity contribution in [1.82, 2.24) is 4.31 Å². The third-order valence-electron chi connectivity index (χ3n) is 3.02. The fourth-order valence-corrected chi connectivity index (χ4v) is 3.51. The monoisotopic (exact) mass is 302 g/mol. The molecule has 0 radical (unpaired) electrons. The number of nitrogens with one attached hydrogen (secondary N) is 1. The number of sulfonamides is 1. The predicted octanol–water partition coefficient (Wildman–Crippen LogP) is 1.70. The molecule has 1 fully saturated rings. The van der Waals surface area contributed by atoms with E-state index in [9.17, 15) is 13.2 Å². The summed E-state index contributed by atoms with van der Waals surface area (Å²) in [5, 5.41) is 3.22. The second-order valence-corrected chi connectivity index (χ2v) is 6.90. The molecule has 1 aliphatic rings. The maximum absolute atomic E-state index is 12.1. The van der Waals surface area contributed by atoms with Gasteiger partial charge in [0.15, 0.2) is 0 Å². The van der Waals surface area contributed by atoms with E-state index in [1.54, 1.807) is 24.3 Å². The number of halogens is 1. The van der Waals surface area contributed by atoms with Crippen LogP contribution in [0.1, 0.15) is 12.8 Å². The number of carbonyl (C=O) groups is 1. The average molecular weight is 303 g/mol. The number of hydrogen-bond donors (Lipinski definition) is 1. The van der Waals surface area contributed by atoms with Crippen molar-refractivity contribution >= 4 is 33.2 Å². The summed E-state index contributed by atoms with van der Waals surface area (Å²) in [4.78, 5) is 12.1. The highest BCUT2D eigenvalue weighted by Crippen LogP contribution is 2.22. The quantitative estimate of drug-likeness (QED) is 0.924. The Morgan fingerprint density at radius 3 is 2.84 bits per heavy atom. The highest BCUT2D eigenvalue weighted by molar-refractivity contribution is 7.88. The van der Waals surface area contributed by atoms with Crippen LogP contribution in [-0.4, -0.2) is 37.5 Å². The van der Waals surface area contributed by atoms with Crippen LogP contribution in [0.4, 0.5) is 5.69 Å². The molecule has 0 spiro atoms. The second kappa shape index (κ2) is 5.48. The zero-order valence-electron chi connectivity index (χ0n) is 10.5. The molecule has 1 aromatic carbocycles. The Balaban J connectivity index is 2.12. The molecule has 1 amide bonds. The Kier molecular flexibility index (Phi) is 4.13. The molecule has 1 atom stereocenters. The van der Waals surface area contributed by atoms with Crippen LogP contribution in [0.3, 0.4) is 0 Å². The number of amides is 1. The van der Waals surface area contributed by atoms with E-state index in [0.717, 1.165) is 6.26 Å². The maximum Gasteiger partial charge on any atom is 0.242 e. The molecule has 0 aliphatic carbocycles. The van der Waals surface area contributed by atoms with Gasteiger partial charge in [-0.05, 0) is 31.0 Å². The third kappa shape index (κ3) is 3.46. The molecule has 1 heterocycles. The Morgan fingerprint density at radius 1 is 1.47 bits per heavy atom. The molecule has 7 heteroatoms. The Morgan fingerprint density at radius 2 is 2.21 bits per heavy atom. The molecule has 0 unspecified atom stereocenters. The van der Waals surface area contributed by atoms with Crippen molar-refractivity contribution in [3.63, 3.8) is 0 Å². The van der Waals surface area contributed by atoms with Gasteiger partial charge in [0, 0.05) is 17.3 Å². The Hall–Kier alpha value is -1.11. The predicted molar refractivity (Wildman–Crippen MR) is 74.7 cm³/mol. The summed E-state index contributed by atoms with van der Waals surface area (Å²) >= 11 is 5.83. The first-order valence-corrected chi connectivity index (χ1v) is 8.14. The highest BCUT2D eigenvalue weighted by atomic mass is 35.5. The molecule has 2 rings (SSSR count). The van der Waals surface area contributed by atoms with Crippen molar-refractivity contribution in [3.05, 3.63) is 29.3 Å². The van der Waals surface area contributed by atoms with Crippen LogP contribution >= 0.6 is 11.6 Å². The largest absolute Gasteiger partial charge is 0.325 e. The van der Waals surface area contributed by atoms with E-state index in [1.807, 2.05) is 0 Å². The SMILES string of the molecule is CS(=O)(=O)N1CCC[C@H]1C(=O)Nc1cccc(Cl)c1. The van der Waals surface area contributed by atoms with Crippen LogP contribution in [-0.2, 0) is 14.8 Å². The first-order valence-electron chi connectivity index (χ1n) is 5.91. The van der Waals surface area contributed by atoms with Crippen LogP contribution in [0.15, 0.2) is 24.3 Å². The van der Waals surface area contributed by atoms with E-state index >= 15 is 0 Å². The maximum atomic E-state index is 12.1. The summed E-state index contributed by atoms with van der Waals surface area (Å²) in [6.45, 7) is 0.395. The van der Waals surface area contributed by atoms with E-state index in [-0.39, 0.29) is 5.91 Å². The van der Waals surface area contributed by atoms with E-state index in [1.165, 1.54) is 4.31 Å². The fraction of sp³-hybridized carbons (Fsp3) is 0.417. The molecule has 1 aromatic rings. The van der Waals surface area contributed by atoms with E-state index in [2.05, 4.69) is 5.32 Å². The van der Waals surface area contributed by atoms with Gasteiger partial charge in [-0.1, -0.05) is 17.7 Å². The molecule has 0 saturated carbocycles. The molecule has 5 nitrogen and oxygen atoms in total. The molecule has 1 saturated heterocycles. The topological polar surface area (TPSA) is 66.5 Å². The van der Waals surface area contributed by atoms with Crippen LogP contribution in [0.5, 0.6) is 0 Å². The normalized spacial score (nSPS) is 20.4. The van der Waals surface area contributed by atoms with Gasteiger partial charge in [0.05, 0.1) is 6.26 Å². The molecule has 0 bridgehead atoms. The number of benzene rings is 1. The molecule has 1 N–H and O–H groups in total. The Labute approximate surface area is 117 Å². The van der Waals surface area contributed by atoms with Crippen molar-refractivity contribution in [3.8, 4) is 0 Å². The fourth-order valence-electron chi connectivity index (χ4n) is 2.19. The van der Waals surface area contributed by atoms with Crippen molar-refractivity contribution in [2.24, 2.45) is 0 Å². The highest BCUT2D eigenvalue weighted by Gasteiger charge is 2.36. The number of rotatable bonds is 3. The summed E-state index contributed by atoms with van der Waals surface area (Å²) in [5.41, 5.74) is 0.567. The third-order valence-corrected chi connectivity index (χ3v) is 4.55. The summed E-state index contributed by atoms with van der Waals surface area (Å²) < 4.78 is 24.4. The van der Waals surface area contributed by atoms with Gasteiger partial charge < -0.3 is 5.32 Å². The summed E-state index contributed by atoms with van der Waals surface area (Å²) in [6.07, 6.45) is 2.36. The molecule has 1 aliphatic heterocycles. The molecule has 104 valence electrons. The van der Waals surface area contributed by atoms with Gasteiger partial charge in [-0.25, -0.2) is 8.42 Å². The van der Waals surface area contributed by atoms with Gasteiger partial charge in [-0.15, -0.1) is 0 Å². The van der Waals surface area contributed by atoms with Crippen molar-refractivity contribution in [2.75, 3.05) is 18.1 Å². The van der Waals surface area contributed by atoms with Gasteiger partial charge in [-0.2, -0.15) is 4.31 Å². The van der Waals surface area contributed by atoms with Gasteiger partial charge in [0.25, 0.3) is 0 Å². The zero-order chi connectivity index (χ0) is 14.0. The van der Waals surface area contributed by atoms with E-state index < -0.39 is 16.1 Å². The first kappa shape index (κ1) is 14.3. The van der Waals surface area contributed by atoms with E-state index in [4.69, 9.17) is 11.6 Å². The lowest BCUT2D eigenvalue weighted by atomic mass is 10.2. The van der Waals surface area contributed by atoms with Crippen molar-refractivity contribution < 1.29 is 13.2 Å². The van der Waals surface area contributed by atoms with Crippen molar-refractivity contribution in [1.29, 1.82) is 0 Å². The summed E-state index contributed by atoms with van der Waals surface area (Å²) in [6, 6.07) is 6.13. The lowest BCUT2D eigenvalue weighted by Gasteiger charge is -2.21. The van der Waals surface area contributed by atoms with Gasteiger partial charge in [0.1, 0.15) is 6.04 Å². The molecular weight excluding hydrogens is 288 g/mol. The lowest BCUT2D eigenvalue weighted by Crippen LogP contribution is -2.42. The lowest BCUT2D eigenvalue weighted by molar-refractivity contribution is -0.119. The number of carbonyl (C=O) groups excluding carboxylic acids is 1. The molecular formula is C12H15ClN2O3S. The van der Waals surface area contributed by atoms with E-state index in [0.29, 0.717) is 30.1 Å². The minimum absolute atomic E-state index is 0.315. The summed E-state index contributed by atoms with van der Waals surface area (Å²) in [7, 11) is -3.35. The molecule has 0 aromatic heterocycles. The summed E-state index contributed by atoms with van der Waals surface area (Å²) in [5.74, 6) is -0.315. The standard InChI is InChI=1S/C12H15ClN2O3S/c1-19(17,18)15-7-3-6-11(15)12(16)14-10-5-2-4-9(13)8-10/h2,4-5,8,11H,3,6-7H2,1H3,(H,14,16)/t11-/m0/s1. The minimum atomic E-state index is -3.35. The molecule has 19 heavy (non-hydrogen) atoms. The minimum Gasteiger partial charge on any atom is -0.325 e. The van der Waals surface area contributed by atoms with Crippen molar-refractivity contribution in [2.45, 2.75) is 18.9 Å². The van der Waals surface area contributed by atoms with Gasteiger partial charge >= 0.3 is 0 Å². The van der Waals surface area contributed by atoms with Crippen LogP contribution < -0.4 is 5.32 Å². The van der Waals surface area contributed by atoms with Crippen LogP contribution in [0.25, 0.3) is 0 Å². The number of hydrogen-bond acceptors (Lipinski definition) is 3. The average Bonchev–Trinajstić information content (AvgIpc) is 2.77. The number of nitrogens with zero attached hydrogens (tertiary/aromatic N) is 1. The van der Waals surface area contributed by atoms with Crippen LogP contribution in [0, 0.1) is 0 Å². The van der Waals surface area contributed by atoms with Crippen LogP contribution in [0.2, 0.25) is 5.02 Å². The number of anilines is 1. The zero-order valence-corrected chi connectivity index (χ0v) is 12.0.